The van der Waals surface area contributed by atoms with Gasteiger partial charge in [-0.3, -0.25) is 14.5 Å². The van der Waals surface area contributed by atoms with Crippen molar-refractivity contribution in [3.8, 4) is 0 Å². The molecule has 0 aromatic heterocycles. The van der Waals surface area contributed by atoms with Crippen molar-refractivity contribution in [3.05, 3.63) is 0 Å². The molecule has 0 spiro atoms. The smallest absolute Gasteiger partial charge is 0.246 e. The molecular formula is C14H25N3O2. The highest BCUT2D eigenvalue weighted by Gasteiger charge is 2.37. The van der Waals surface area contributed by atoms with Gasteiger partial charge in [-0.2, -0.15) is 0 Å². The number of amides is 2. The summed E-state index contributed by atoms with van der Waals surface area (Å²) in [6.45, 7) is 7.79. The van der Waals surface area contributed by atoms with E-state index in [0.29, 0.717) is 18.4 Å². The number of likely N-dealkylation sites (N-methyl/N-ethyl adjacent to an activating group) is 1. The molecule has 5 nitrogen and oxygen atoms in total. The van der Waals surface area contributed by atoms with Crippen LogP contribution in [0.15, 0.2) is 0 Å². The van der Waals surface area contributed by atoms with E-state index < -0.39 is 0 Å². The van der Waals surface area contributed by atoms with Crippen LogP contribution in [0.25, 0.3) is 0 Å². The summed E-state index contributed by atoms with van der Waals surface area (Å²) >= 11 is 0. The summed E-state index contributed by atoms with van der Waals surface area (Å²) in [6.07, 6.45) is 2.45. The number of carbonyl (C=O) groups excluding carboxylic acids is 2. The quantitative estimate of drug-likeness (QED) is 0.752. The van der Waals surface area contributed by atoms with Gasteiger partial charge in [0.15, 0.2) is 0 Å². The van der Waals surface area contributed by atoms with Crippen molar-refractivity contribution in [1.82, 2.24) is 15.1 Å². The zero-order valence-corrected chi connectivity index (χ0v) is 12.2. The van der Waals surface area contributed by atoms with Gasteiger partial charge < -0.3 is 10.2 Å². The normalized spacial score (nSPS) is 26.7. The Balaban J connectivity index is 1.77. The van der Waals surface area contributed by atoms with Crippen LogP contribution >= 0.6 is 0 Å². The molecule has 108 valence electrons. The van der Waals surface area contributed by atoms with E-state index in [-0.39, 0.29) is 17.9 Å². The minimum absolute atomic E-state index is 0.0697. The minimum Gasteiger partial charge on any atom is -0.303 e. The van der Waals surface area contributed by atoms with Crippen molar-refractivity contribution in [3.63, 3.8) is 0 Å². The van der Waals surface area contributed by atoms with Crippen molar-refractivity contribution in [2.24, 2.45) is 5.92 Å². The number of piperidine rings is 1. The summed E-state index contributed by atoms with van der Waals surface area (Å²) in [7, 11) is 1.57. The number of likely N-dealkylation sites (tertiary alicyclic amines) is 2. The number of imide groups is 1. The molecule has 0 saturated carbocycles. The van der Waals surface area contributed by atoms with Crippen molar-refractivity contribution in [2.75, 3.05) is 26.7 Å². The fraction of sp³-hybridized carbons (Fsp3) is 0.857. The van der Waals surface area contributed by atoms with Crippen LogP contribution in [0.3, 0.4) is 0 Å². The monoisotopic (exact) mass is 267 g/mol. The number of hydrogen-bond donors (Lipinski definition) is 1. The van der Waals surface area contributed by atoms with E-state index in [1.54, 1.807) is 7.05 Å². The van der Waals surface area contributed by atoms with E-state index in [2.05, 4.69) is 24.1 Å². The minimum atomic E-state index is -0.292. The average Bonchev–Trinajstić information content (AvgIpc) is 2.59. The van der Waals surface area contributed by atoms with Crippen LogP contribution in [-0.4, -0.2) is 60.4 Å². The fourth-order valence-corrected chi connectivity index (χ4v) is 2.97. The second-order valence-electron chi connectivity index (χ2n) is 6.18. The van der Waals surface area contributed by atoms with Gasteiger partial charge in [0.2, 0.25) is 11.8 Å². The molecule has 5 heteroatoms. The molecule has 2 rings (SSSR count). The third kappa shape index (κ3) is 3.54. The average molecular weight is 267 g/mol. The second-order valence-corrected chi connectivity index (χ2v) is 6.18. The van der Waals surface area contributed by atoms with Crippen LogP contribution in [0.2, 0.25) is 0 Å². The molecule has 0 aromatic rings. The van der Waals surface area contributed by atoms with E-state index in [1.165, 1.54) is 4.90 Å². The summed E-state index contributed by atoms with van der Waals surface area (Å²) in [5, 5.41) is 3.36. The molecule has 1 atom stereocenters. The van der Waals surface area contributed by atoms with Crippen LogP contribution in [0, 0.1) is 5.92 Å². The SMILES string of the molecule is CC(C)CN1CCC(NC2CC(=O)N(C)C2=O)CC1. The summed E-state index contributed by atoms with van der Waals surface area (Å²) in [6, 6.07) is 0.0795. The Morgan fingerprint density at radius 2 is 1.89 bits per heavy atom. The lowest BCUT2D eigenvalue weighted by atomic mass is 10.0. The number of rotatable bonds is 4. The molecule has 2 amide bonds. The molecule has 0 aromatic carbocycles. The predicted molar refractivity (Wildman–Crippen MR) is 73.6 cm³/mol. The third-order valence-corrected chi connectivity index (χ3v) is 4.03. The number of carbonyl (C=O) groups is 2. The Morgan fingerprint density at radius 3 is 2.37 bits per heavy atom. The molecule has 0 bridgehead atoms. The Kier molecular flexibility index (Phi) is 4.58. The lowest BCUT2D eigenvalue weighted by molar-refractivity contribution is -0.137. The van der Waals surface area contributed by atoms with Gasteiger partial charge in [0, 0.05) is 19.6 Å². The summed E-state index contributed by atoms with van der Waals surface area (Å²) < 4.78 is 0. The standard InChI is InChI=1S/C14H25N3O2/c1-10(2)9-17-6-4-11(5-7-17)15-12-8-13(18)16(3)14(12)19/h10-12,15H,4-9H2,1-3H3. The summed E-state index contributed by atoms with van der Waals surface area (Å²) in [4.78, 5) is 27.0. The largest absolute Gasteiger partial charge is 0.303 e. The van der Waals surface area contributed by atoms with E-state index in [0.717, 1.165) is 32.5 Å². The first-order chi connectivity index (χ1) is 8.97. The molecule has 19 heavy (non-hydrogen) atoms. The van der Waals surface area contributed by atoms with Gasteiger partial charge in [-0.1, -0.05) is 13.8 Å². The van der Waals surface area contributed by atoms with Crippen molar-refractivity contribution in [1.29, 1.82) is 0 Å². The maximum atomic E-state index is 11.8. The highest BCUT2D eigenvalue weighted by Crippen LogP contribution is 2.16. The topological polar surface area (TPSA) is 52.7 Å². The van der Waals surface area contributed by atoms with Gasteiger partial charge in [0.25, 0.3) is 0 Å². The van der Waals surface area contributed by atoms with Crippen LogP contribution in [-0.2, 0) is 9.59 Å². The Labute approximate surface area is 115 Å². The summed E-state index contributed by atoms with van der Waals surface area (Å²) in [5.74, 6) is 0.557. The zero-order chi connectivity index (χ0) is 14.0. The molecule has 1 N–H and O–H groups in total. The molecule has 2 aliphatic rings. The van der Waals surface area contributed by atoms with Crippen LogP contribution < -0.4 is 5.32 Å². The summed E-state index contributed by atoms with van der Waals surface area (Å²) in [5.41, 5.74) is 0. The predicted octanol–water partition coefficient (Wildman–Crippen LogP) is 0.454. The highest BCUT2D eigenvalue weighted by atomic mass is 16.2. The Hall–Kier alpha value is -0.940. The third-order valence-electron chi connectivity index (χ3n) is 4.03. The lowest BCUT2D eigenvalue weighted by Gasteiger charge is -2.34. The number of nitrogens with zero attached hydrogens (tertiary/aromatic N) is 2. The number of nitrogens with one attached hydrogen (secondary N) is 1. The van der Waals surface area contributed by atoms with E-state index in [9.17, 15) is 9.59 Å². The van der Waals surface area contributed by atoms with E-state index in [1.807, 2.05) is 0 Å². The van der Waals surface area contributed by atoms with Gasteiger partial charge in [-0.15, -0.1) is 0 Å². The molecule has 0 aliphatic carbocycles. The molecule has 2 fully saturated rings. The van der Waals surface area contributed by atoms with Gasteiger partial charge in [0.1, 0.15) is 0 Å². The van der Waals surface area contributed by atoms with E-state index >= 15 is 0 Å². The van der Waals surface area contributed by atoms with E-state index in [4.69, 9.17) is 0 Å². The Bertz CT molecular complexity index is 349. The second kappa shape index (κ2) is 6.01. The first kappa shape index (κ1) is 14.5. The molecular weight excluding hydrogens is 242 g/mol. The maximum absolute atomic E-state index is 11.8. The van der Waals surface area contributed by atoms with Crippen molar-refractivity contribution < 1.29 is 9.59 Å². The van der Waals surface area contributed by atoms with Crippen molar-refractivity contribution >= 4 is 11.8 Å². The zero-order valence-electron chi connectivity index (χ0n) is 12.2. The molecule has 1 unspecified atom stereocenters. The highest BCUT2D eigenvalue weighted by molar-refractivity contribution is 6.05. The van der Waals surface area contributed by atoms with Gasteiger partial charge >= 0.3 is 0 Å². The van der Waals surface area contributed by atoms with Gasteiger partial charge in [-0.05, 0) is 31.8 Å². The van der Waals surface area contributed by atoms with Crippen LogP contribution in [0.1, 0.15) is 33.1 Å². The van der Waals surface area contributed by atoms with Gasteiger partial charge in [-0.25, -0.2) is 0 Å². The maximum Gasteiger partial charge on any atom is 0.246 e. The van der Waals surface area contributed by atoms with Crippen molar-refractivity contribution in [2.45, 2.75) is 45.2 Å². The molecule has 2 saturated heterocycles. The Morgan fingerprint density at radius 1 is 1.26 bits per heavy atom. The fourth-order valence-electron chi connectivity index (χ4n) is 2.97. The first-order valence-corrected chi connectivity index (χ1v) is 7.26. The lowest BCUT2D eigenvalue weighted by Crippen LogP contribution is -2.48. The number of hydrogen-bond acceptors (Lipinski definition) is 4. The van der Waals surface area contributed by atoms with Gasteiger partial charge in [0.05, 0.1) is 12.5 Å². The van der Waals surface area contributed by atoms with Crippen LogP contribution in [0.4, 0.5) is 0 Å². The van der Waals surface area contributed by atoms with Crippen LogP contribution in [0.5, 0.6) is 0 Å². The first-order valence-electron chi connectivity index (χ1n) is 7.26. The molecule has 2 heterocycles. The molecule has 0 radical (unpaired) electrons. The molecule has 2 aliphatic heterocycles.